The molecule has 1 fully saturated rings. The van der Waals surface area contributed by atoms with Crippen LogP contribution in [-0.4, -0.2) is 34.5 Å². The minimum atomic E-state index is -1.47. The van der Waals surface area contributed by atoms with Crippen LogP contribution in [0.2, 0.25) is 5.02 Å². The molecule has 1 atom stereocenters. The van der Waals surface area contributed by atoms with Crippen molar-refractivity contribution in [1.29, 1.82) is 0 Å². The molecule has 1 aliphatic rings. The van der Waals surface area contributed by atoms with Crippen molar-refractivity contribution >= 4 is 29.5 Å². The van der Waals surface area contributed by atoms with E-state index in [2.05, 4.69) is 5.32 Å². The number of aliphatic carboxylic acids is 1. The third-order valence-corrected chi connectivity index (χ3v) is 3.35. The molecule has 0 aliphatic carbocycles. The lowest BCUT2D eigenvalue weighted by Crippen LogP contribution is -2.41. The zero-order chi connectivity index (χ0) is 15.1. The van der Waals surface area contributed by atoms with Crippen LogP contribution in [0, 0.1) is 5.82 Å². The highest BCUT2D eigenvalue weighted by atomic mass is 35.5. The fourth-order valence-electron chi connectivity index (χ4n) is 1.98. The lowest BCUT2D eigenvalue weighted by molar-refractivity contribution is -0.142. The number of hydrogen-bond donors (Lipinski definition) is 2. The van der Waals surface area contributed by atoms with E-state index in [9.17, 15) is 18.8 Å². The first-order chi connectivity index (χ1) is 9.25. The maximum Gasteiger partial charge on any atom is 0.325 e. The zero-order valence-electron chi connectivity index (χ0n) is 10.3. The fraction of sp³-hybridized carbons (Fsp3) is 0.250. The number of carboxylic acids is 1. The van der Waals surface area contributed by atoms with Crippen molar-refractivity contribution in [2.75, 3.05) is 6.54 Å². The second-order valence-corrected chi connectivity index (χ2v) is 4.88. The summed E-state index contributed by atoms with van der Waals surface area (Å²) < 4.78 is 13.1. The molecule has 2 N–H and O–H groups in total. The van der Waals surface area contributed by atoms with Crippen LogP contribution in [0.3, 0.4) is 0 Å². The van der Waals surface area contributed by atoms with Gasteiger partial charge in [-0.1, -0.05) is 17.7 Å². The first-order valence-electron chi connectivity index (χ1n) is 5.57. The summed E-state index contributed by atoms with van der Waals surface area (Å²) in [5, 5.41) is 10.9. The number of urea groups is 1. The topological polar surface area (TPSA) is 86.7 Å². The zero-order valence-corrected chi connectivity index (χ0v) is 11.1. The standard InChI is InChI=1S/C12H10ClFN2O4/c1-12(6-2-3-8(14)7(13)4-6)10(19)16(5-9(17)18)11(20)15-12/h2-4H,5H2,1H3,(H,15,20)(H,17,18)/t12-/m1/s1. The van der Waals surface area contributed by atoms with Crippen LogP contribution < -0.4 is 5.32 Å². The monoisotopic (exact) mass is 300 g/mol. The van der Waals surface area contributed by atoms with Gasteiger partial charge in [0.2, 0.25) is 0 Å². The van der Waals surface area contributed by atoms with E-state index in [0.29, 0.717) is 4.90 Å². The number of nitrogens with zero attached hydrogens (tertiary/aromatic N) is 1. The highest BCUT2D eigenvalue weighted by molar-refractivity contribution is 6.30. The minimum absolute atomic E-state index is 0.192. The summed E-state index contributed by atoms with van der Waals surface area (Å²) in [6, 6.07) is 2.78. The van der Waals surface area contributed by atoms with E-state index in [1.165, 1.54) is 19.1 Å². The quantitative estimate of drug-likeness (QED) is 0.825. The molecule has 0 unspecified atom stereocenters. The van der Waals surface area contributed by atoms with Gasteiger partial charge in [0.25, 0.3) is 5.91 Å². The molecule has 0 bridgehead atoms. The van der Waals surface area contributed by atoms with Crippen LogP contribution in [-0.2, 0) is 15.1 Å². The lowest BCUT2D eigenvalue weighted by Gasteiger charge is -2.22. The molecule has 1 aromatic carbocycles. The van der Waals surface area contributed by atoms with Crippen LogP contribution >= 0.6 is 11.6 Å². The average Bonchev–Trinajstić information content (AvgIpc) is 2.57. The van der Waals surface area contributed by atoms with Gasteiger partial charge in [0, 0.05) is 0 Å². The molecule has 2 rings (SSSR count). The maximum absolute atomic E-state index is 13.1. The summed E-state index contributed by atoms with van der Waals surface area (Å²) in [7, 11) is 0. The largest absolute Gasteiger partial charge is 0.480 e. The number of benzene rings is 1. The molecule has 0 aromatic heterocycles. The number of carboxylic acid groups (broad SMARTS) is 1. The number of imide groups is 1. The van der Waals surface area contributed by atoms with Crippen molar-refractivity contribution in [2.45, 2.75) is 12.5 Å². The van der Waals surface area contributed by atoms with Crippen molar-refractivity contribution in [1.82, 2.24) is 10.2 Å². The molecule has 6 nitrogen and oxygen atoms in total. The highest BCUT2D eigenvalue weighted by Crippen LogP contribution is 2.31. The number of halogens is 2. The second kappa shape index (κ2) is 4.75. The van der Waals surface area contributed by atoms with Gasteiger partial charge in [0.15, 0.2) is 0 Å². The van der Waals surface area contributed by atoms with Crippen LogP contribution in [0.1, 0.15) is 12.5 Å². The Bertz CT molecular complexity index is 621. The summed E-state index contributed by atoms with van der Waals surface area (Å²) in [5.74, 6) is -2.69. The normalized spacial score (nSPS) is 22.1. The second-order valence-electron chi connectivity index (χ2n) is 4.47. The SMILES string of the molecule is C[C@]1(c2ccc(F)c(Cl)c2)NC(=O)N(CC(=O)O)C1=O. The third kappa shape index (κ3) is 2.20. The van der Waals surface area contributed by atoms with Crippen molar-refractivity contribution < 1.29 is 23.9 Å². The Balaban J connectivity index is 2.40. The van der Waals surface area contributed by atoms with Gasteiger partial charge in [-0.25, -0.2) is 9.18 Å². The summed E-state index contributed by atoms with van der Waals surface area (Å²) in [6.45, 7) is 0.661. The Kier molecular flexibility index (Phi) is 3.39. The molecule has 20 heavy (non-hydrogen) atoms. The van der Waals surface area contributed by atoms with Crippen molar-refractivity contribution in [3.8, 4) is 0 Å². The van der Waals surface area contributed by atoms with E-state index in [0.717, 1.165) is 6.07 Å². The number of carbonyl (C=O) groups is 3. The van der Waals surface area contributed by atoms with Gasteiger partial charge in [0.1, 0.15) is 17.9 Å². The summed E-state index contributed by atoms with van der Waals surface area (Å²) in [4.78, 5) is 35.1. The Hall–Kier alpha value is -2.15. The van der Waals surface area contributed by atoms with Gasteiger partial charge in [0.05, 0.1) is 5.02 Å². The molecule has 8 heteroatoms. The Labute approximate surface area is 118 Å². The van der Waals surface area contributed by atoms with Gasteiger partial charge in [-0.15, -0.1) is 0 Å². The predicted molar refractivity (Wildman–Crippen MR) is 66.6 cm³/mol. The van der Waals surface area contributed by atoms with Gasteiger partial charge >= 0.3 is 12.0 Å². The molecule has 3 amide bonds. The molecule has 0 radical (unpaired) electrons. The minimum Gasteiger partial charge on any atom is -0.480 e. The number of amides is 3. The molecular weight excluding hydrogens is 291 g/mol. The van der Waals surface area contributed by atoms with Gasteiger partial charge < -0.3 is 10.4 Å². The van der Waals surface area contributed by atoms with Crippen molar-refractivity contribution in [3.63, 3.8) is 0 Å². The van der Waals surface area contributed by atoms with Gasteiger partial charge in [-0.2, -0.15) is 0 Å². The molecule has 106 valence electrons. The van der Waals surface area contributed by atoms with E-state index in [-0.39, 0.29) is 10.6 Å². The number of hydrogen-bond acceptors (Lipinski definition) is 3. The van der Waals surface area contributed by atoms with Crippen molar-refractivity contribution in [3.05, 3.63) is 34.6 Å². The van der Waals surface area contributed by atoms with E-state index in [1.54, 1.807) is 0 Å². The number of nitrogens with one attached hydrogen (secondary N) is 1. The van der Waals surface area contributed by atoms with Crippen LogP contribution in [0.4, 0.5) is 9.18 Å². The number of carbonyl (C=O) groups excluding carboxylic acids is 2. The van der Waals surface area contributed by atoms with E-state index >= 15 is 0 Å². The molecular formula is C12H10ClFN2O4. The predicted octanol–water partition coefficient (Wildman–Crippen LogP) is 1.33. The van der Waals surface area contributed by atoms with Crippen LogP contribution in [0.5, 0.6) is 0 Å². The maximum atomic E-state index is 13.1. The fourth-order valence-corrected chi connectivity index (χ4v) is 2.16. The van der Waals surface area contributed by atoms with Gasteiger partial charge in [-0.05, 0) is 24.6 Å². The molecule has 1 saturated heterocycles. The Morgan fingerprint density at radius 1 is 1.50 bits per heavy atom. The third-order valence-electron chi connectivity index (χ3n) is 3.07. The highest BCUT2D eigenvalue weighted by Gasteiger charge is 2.49. The Morgan fingerprint density at radius 3 is 2.70 bits per heavy atom. The van der Waals surface area contributed by atoms with Gasteiger partial charge in [-0.3, -0.25) is 14.5 Å². The van der Waals surface area contributed by atoms with E-state index in [1.807, 2.05) is 0 Å². The lowest BCUT2D eigenvalue weighted by atomic mass is 9.92. The van der Waals surface area contributed by atoms with Crippen molar-refractivity contribution in [2.24, 2.45) is 0 Å². The summed E-state index contributed by atoms with van der Waals surface area (Å²) >= 11 is 5.65. The molecule has 1 aliphatic heterocycles. The molecule has 1 heterocycles. The smallest absolute Gasteiger partial charge is 0.325 e. The molecule has 1 aromatic rings. The van der Waals surface area contributed by atoms with Crippen LogP contribution in [0.25, 0.3) is 0 Å². The average molecular weight is 301 g/mol. The molecule has 0 saturated carbocycles. The number of rotatable bonds is 3. The Morgan fingerprint density at radius 2 is 2.15 bits per heavy atom. The first-order valence-corrected chi connectivity index (χ1v) is 5.95. The van der Waals surface area contributed by atoms with E-state index < -0.39 is 35.8 Å². The summed E-state index contributed by atoms with van der Waals surface area (Å²) in [5.41, 5.74) is -1.20. The summed E-state index contributed by atoms with van der Waals surface area (Å²) in [6.07, 6.45) is 0. The molecule has 0 spiro atoms. The first kappa shape index (κ1) is 14.3. The van der Waals surface area contributed by atoms with E-state index in [4.69, 9.17) is 16.7 Å². The van der Waals surface area contributed by atoms with Crippen LogP contribution in [0.15, 0.2) is 18.2 Å².